The highest BCUT2D eigenvalue weighted by atomic mass is 16.7. The summed E-state index contributed by atoms with van der Waals surface area (Å²) in [6, 6.07) is 9.53. The molecule has 0 fully saturated rings. The monoisotopic (exact) mass is 220 g/mol. The molecule has 0 radical (unpaired) electrons. The predicted molar refractivity (Wildman–Crippen MR) is 65.1 cm³/mol. The smallest absolute Gasteiger partial charge is 0.490 e. The quantitative estimate of drug-likeness (QED) is 0.573. The molecule has 1 unspecified atom stereocenters. The van der Waals surface area contributed by atoms with E-state index in [0.29, 0.717) is 5.92 Å². The van der Waals surface area contributed by atoms with Crippen molar-refractivity contribution in [3.05, 3.63) is 30.3 Å². The highest BCUT2D eigenvalue weighted by molar-refractivity contribution is 6.48. The van der Waals surface area contributed by atoms with Crippen molar-refractivity contribution in [2.75, 3.05) is 0 Å². The number of hydrogen-bond donors (Lipinski definition) is 0. The zero-order valence-electron chi connectivity index (χ0n) is 9.97. The van der Waals surface area contributed by atoms with Crippen LogP contribution in [0.4, 0.5) is 4.79 Å². The normalized spacial score (nSPS) is 12.0. The fourth-order valence-electron chi connectivity index (χ4n) is 1.04. The Morgan fingerprint density at radius 1 is 1.19 bits per heavy atom. The maximum atomic E-state index is 11.3. The summed E-state index contributed by atoms with van der Waals surface area (Å²) >= 11 is 0. The van der Waals surface area contributed by atoms with E-state index in [4.69, 9.17) is 9.39 Å². The van der Waals surface area contributed by atoms with Crippen LogP contribution < -0.4 is 5.46 Å². The van der Waals surface area contributed by atoms with Gasteiger partial charge in [0, 0.05) is 0 Å². The Balaban J connectivity index is 2.31. The van der Waals surface area contributed by atoms with E-state index in [1.165, 1.54) is 0 Å². The Kier molecular flexibility index (Phi) is 4.90. The van der Waals surface area contributed by atoms with Crippen molar-refractivity contribution >= 4 is 19.1 Å². The van der Waals surface area contributed by atoms with Crippen LogP contribution in [0.2, 0.25) is 0 Å². The molecule has 1 atom stereocenters. The van der Waals surface area contributed by atoms with Crippen LogP contribution in [0.1, 0.15) is 20.8 Å². The van der Waals surface area contributed by atoms with Gasteiger partial charge in [0.25, 0.3) is 0 Å². The molecule has 3 nitrogen and oxygen atoms in total. The van der Waals surface area contributed by atoms with Crippen LogP contribution in [0.25, 0.3) is 0 Å². The van der Waals surface area contributed by atoms with Gasteiger partial charge in [-0.05, 0) is 18.3 Å². The molecule has 0 N–H and O–H groups in total. The van der Waals surface area contributed by atoms with Gasteiger partial charge in [-0.3, -0.25) is 0 Å². The van der Waals surface area contributed by atoms with Crippen molar-refractivity contribution < 1.29 is 14.2 Å². The third-order valence-corrected chi connectivity index (χ3v) is 2.42. The first-order valence-electron chi connectivity index (χ1n) is 5.47. The Morgan fingerprint density at radius 3 is 2.38 bits per heavy atom. The Bertz CT molecular complexity index is 324. The molecular weight excluding hydrogens is 203 g/mol. The summed E-state index contributed by atoms with van der Waals surface area (Å²) in [6.45, 7) is 5.85. The van der Waals surface area contributed by atoms with E-state index in [9.17, 15) is 4.79 Å². The number of carbonyl (C=O) groups is 1. The van der Waals surface area contributed by atoms with Gasteiger partial charge in [-0.15, -0.1) is 0 Å². The van der Waals surface area contributed by atoms with Gasteiger partial charge in [0.2, 0.25) is 0 Å². The van der Waals surface area contributed by atoms with E-state index in [-0.39, 0.29) is 13.6 Å². The molecule has 1 rings (SSSR count). The molecule has 16 heavy (non-hydrogen) atoms. The standard InChI is InChI=1S/C12H17BO3/c1-9(2)10(3)15-12(14)16-13-11-7-5-4-6-8-11/h4-10,13H,1-3H3. The summed E-state index contributed by atoms with van der Waals surface area (Å²) in [5, 5.41) is 0. The summed E-state index contributed by atoms with van der Waals surface area (Å²) in [5.41, 5.74) is 0.955. The van der Waals surface area contributed by atoms with E-state index in [1.807, 2.05) is 51.1 Å². The second kappa shape index (κ2) is 6.21. The van der Waals surface area contributed by atoms with Crippen molar-refractivity contribution in [2.24, 2.45) is 5.92 Å². The van der Waals surface area contributed by atoms with Crippen LogP contribution in [-0.4, -0.2) is 19.7 Å². The molecule has 4 heteroatoms. The molecule has 0 bridgehead atoms. The molecule has 0 saturated heterocycles. The van der Waals surface area contributed by atoms with Crippen molar-refractivity contribution in [1.29, 1.82) is 0 Å². The average Bonchev–Trinajstić information content (AvgIpc) is 2.27. The first-order chi connectivity index (χ1) is 7.59. The maximum absolute atomic E-state index is 11.3. The van der Waals surface area contributed by atoms with Crippen LogP contribution >= 0.6 is 0 Å². The third-order valence-electron chi connectivity index (χ3n) is 2.42. The molecule has 1 aromatic carbocycles. The minimum atomic E-state index is -0.606. The maximum Gasteiger partial charge on any atom is 0.490 e. The molecule has 0 aliphatic heterocycles. The van der Waals surface area contributed by atoms with Crippen LogP contribution in [0.3, 0.4) is 0 Å². The Morgan fingerprint density at radius 2 is 1.81 bits per heavy atom. The third kappa shape index (κ3) is 4.38. The number of benzene rings is 1. The first-order valence-corrected chi connectivity index (χ1v) is 5.47. The molecule has 0 saturated carbocycles. The number of carbonyl (C=O) groups excluding carboxylic acids is 1. The summed E-state index contributed by atoms with van der Waals surface area (Å²) in [5.74, 6) is 0.296. The van der Waals surface area contributed by atoms with Gasteiger partial charge in [0.1, 0.15) is 6.10 Å². The molecule has 1 aromatic rings. The minimum Gasteiger partial charge on any atom is -0.504 e. The molecule has 0 amide bonds. The summed E-state index contributed by atoms with van der Waals surface area (Å²) in [4.78, 5) is 11.3. The van der Waals surface area contributed by atoms with Gasteiger partial charge >= 0.3 is 13.6 Å². The SMILES string of the molecule is CC(C)C(C)OC(=O)OBc1ccccc1. The number of hydrogen-bond acceptors (Lipinski definition) is 3. The Hall–Kier alpha value is -1.45. The van der Waals surface area contributed by atoms with Crippen LogP contribution in [-0.2, 0) is 9.39 Å². The van der Waals surface area contributed by atoms with Gasteiger partial charge in [-0.2, -0.15) is 0 Å². The van der Waals surface area contributed by atoms with E-state index in [2.05, 4.69) is 0 Å². The average molecular weight is 220 g/mol. The van der Waals surface area contributed by atoms with Crippen LogP contribution in [0.15, 0.2) is 30.3 Å². The first kappa shape index (κ1) is 12.6. The van der Waals surface area contributed by atoms with Gasteiger partial charge in [0.15, 0.2) is 0 Å². The van der Waals surface area contributed by atoms with Crippen molar-refractivity contribution in [2.45, 2.75) is 26.9 Å². The lowest BCUT2D eigenvalue weighted by Crippen LogP contribution is -2.25. The lowest BCUT2D eigenvalue weighted by molar-refractivity contribution is 0.0479. The lowest BCUT2D eigenvalue weighted by Gasteiger charge is -2.16. The largest absolute Gasteiger partial charge is 0.504 e. The zero-order chi connectivity index (χ0) is 12.0. The highest BCUT2D eigenvalue weighted by Gasteiger charge is 2.14. The molecule has 0 aliphatic rings. The van der Waals surface area contributed by atoms with Gasteiger partial charge in [0.05, 0.1) is 0 Å². The molecule has 0 aromatic heterocycles. The summed E-state index contributed by atoms with van der Waals surface area (Å²) in [7, 11) is 0.254. The summed E-state index contributed by atoms with van der Waals surface area (Å²) in [6.07, 6.45) is -0.728. The van der Waals surface area contributed by atoms with E-state index in [0.717, 1.165) is 5.46 Å². The number of ether oxygens (including phenoxy) is 1. The number of rotatable bonds is 4. The van der Waals surface area contributed by atoms with Crippen LogP contribution in [0.5, 0.6) is 0 Å². The summed E-state index contributed by atoms with van der Waals surface area (Å²) < 4.78 is 10.1. The highest BCUT2D eigenvalue weighted by Crippen LogP contribution is 2.05. The topological polar surface area (TPSA) is 35.5 Å². The molecule has 0 aliphatic carbocycles. The molecule has 0 spiro atoms. The zero-order valence-corrected chi connectivity index (χ0v) is 9.97. The second-order valence-electron chi connectivity index (χ2n) is 4.09. The minimum absolute atomic E-state index is 0.122. The molecule has 86 valence electrons. The lowest BCUT2D eigenvalue weighted by atomic mass is 9.88. The fraction of sp³-hybridized carbons (Fsp3) is 0.417. The van der Waals surface area contributed by atoms with Gasteiger partial charge in [-0.25, -0.2) is 4.79 Å². The van der Waals surface area contributed by atoms with Gasteiger partial charge < -0.3 is 9.39 Å². The van der Waals surface area contributed by atoms with E-state index >= 15 is 0 Å². The van der Waals surface area contributed by atoms with E-state index < -0.39 is 6.16 Å². The van der Waals surface area contributed by atoms with Gasteiger partial charge in [-0.1, -0.05) is 44.2 Å². The van der Waals surface area contributed by atoms with Crippen molar-refractivity contribution in [1.82, 2.24) is 0 Å². The second-order valence-corrected chi connectivity index (χ2v) is 4.09. The molecular formula is C12H17BO3. The Labute approximate surface area is 97.0 Å². The van der Waals surface area contributed by atoms with Crippen LogP contribution in [0, 0.1) is 5.92 Å². The van der Waals surface area contributed by atoms with Crippen molar-refractivity contribution in [3.63, 3.8) is 0 Å². The predicted octanol–water partition coefficient (Wildman–Crippen LogP) is 1.86. The fourth-order valence-corrected chi connectivity index (χ4v) is 1.04. The van der Waals surface area contributed by atoms with E-state index in [1.54, 1.807) is 0 Å². The van der Waals surface area contributed by atoms with Crippen molar-refractivity contribution in [3.8, 4) is 0 Å². The molecule has 0 heterocycles.